The van der Waals surface area contributed by atoms with E-state index in [1.807, 2.05) is 0 Å². The Hall–Kier alpha value is -1.95. The summed E-state index contributed by atoms with van der Waals surface area (Å²) in [4.78, 5) is 15.5. The monoisotopic (exact) mass is 252 g/mol. The van der Waals surface area contributed by atoms with Crippen LogP contribution in [0.1, 0.15) is 5.56 Å². The fourth-order valence-corrected chi connectivity index (χ4v) is 1.86. The van der Waals surface area contributed by atoms with Crippen LogP contribution >= 0.6 is 11.3 Å². The summed E-state index contributed by atoms with van der Waals surface area (Å²) < 4.78 is 12.9. The minimum atomic E-state index is -0.486. The van der Waals surface area contributed by atoms with Crippen LogP contribution in [0, 0.1) is 5.82 Å². The first kappa shape index (κ1) is 11.5. The van der Waals surface area contributed by atoms with Crippen LogP contribution in [0.2, 0.25) is 0 Å². The number of thiazole rings is 1. The number of hydrogen-bond acceptors (Lipinski definition) is 4. The fourth-order valence-electron chi connectivity index (χ4n) is 1.32. The maximum atomic E-state index is 12.9. The Balaban J connectivity index is 2.05. The summed E-state index contributed by atoms with van der Waals surface area (Å²) in [5.74, 6) is -0.929. The predicted molar refractivity (Wildman–Crippen MR) is 62.5 cm³/mol. The highest BCUT2D eigenvalue weighted by molar-refractivity contribution is 7.13. The summed E-state index contributed by atoms with van der Waals surface area (Å²) in [7, 11) is 0. The number of phenols is 1. The van der Waals surface area contributed by atoms with Crippen molar-refractivity contribution in [2.24, 2.45) is 0 Å². The Morgan fingerprint density at radius 3 is 3.06 bits per heavy atom. The molecule has 0 radical (unpaired) electrons. The molecule has 0 saturated carbocycles. The molecule has 1 aromatic heterocycles. The maximum absolute atomic E-state index is 12.9. The molecule has 2 N–H and O–H groups in total. The largest absolute Gasteiger partial charge is 0.508 e. The molecule has 4 nitrogen and oxygen atoms in total. The van der Waals surface area contributed by atoms with Crippen molar-refractivity contribution in [2.75, 3.05) is 5.32 Å². The van der Waals surface area contributed by atoms with Crippen molar-refractivity contribution in [3.05, 3.63) is 41.2 Å². The van der Waals surface area contributed by atoms with Crippen LogP contribution in [-0.4, -0.2) is 16.0 Å². The predicted octanol–water partition coefficient (Wildman–Crippen LogP) is 2.17. The summed E-state index contributed by atoms with van der Waals surface area (Å²) >= 11 is 1.29. The van der Waals surface area contributed by atoms with Crippen molar-refractivity contribution in [3.8, 4) is 5.75 Å². The van der Waals surface area contributed by atoms with E-state index in [2.05, 4.69) is 10.3 Å². The number of halogens is 1. The zero-order valence-electron chi connectivity index (χ0n) is 8.68. The first-order chi connectivity index (χ1) is 8.15. The molecule has 0 unspecified atom stereocenters. The van der Waals surface area contributed by atoms with Crippen molar-refractivity contribution in [3.63, 3.8) is 0 Å². The van der Waals surface area contributed by atoms with Crippen molar-refractivity contribution >= 4 is 22.4 Å². The average Bonchev–Trinajstić information content (AvgIpc) is 2.76. The molecule has 0 aliphatic rings. The first-order valence-electron chi connectivity index (χ1n) is 4.82. The lowest BCUT2D eigenvalue weighted by Gasteiger charge is -2.04. The van der Waals surface area contributed by atoms with E-state index in [0.29, 0.717) is 5.13 Å². The molecule has 1 aromatic carbocycles. The van der Waals surface area contributed by atoms with E-state index in [9.17, 15) is 14.3 Å². The Bertz CT molecular complexity index is 528. The molecule has 88 valence electrons. The van der Waals surface area contributed by atoms with Crippen LogP contribution in [-0.2, 0) is 11.2 Å². The lowest BCUT2D eigenvalue weighted by molar-refractivity contribution is -0.115. The van der Waals surface area contributed by atoms with Crippen molar-refractivity contribution < 1.29 is 14.3 Å². The molecule has 0 fully saturated rings. The molecular weight excluding hydrogens is 243 g/mol. The molecule has 2 aromatic rings. The van der Waals surface area contributed by atoms with Crippen LogP contribution in [0.4, 0.5) is 9.52 Å². The van der Waals surface area contributed by atoms with Gasteiger partial charge >= 0.3 is 0 Å². The lowest BCUT2D eigenvalue weighted by atomic mass is 10.1. The van der Waals surface area contributed by atoms with Gasteiger partial charge in [0.25, 0.3) is 0 Å². The van der Waals surface area contributed by atoms with E-state index >= 15 is 0 Å². The number of aromatic nitrogens is 1. The van der Waals surface area contributed by atoms with Gasteiger partial charge < -0.3 is 10.4 Å². The SMILES string of the molecule is O=C(Cc1cc(F)ccc1O)Nc1nccs1. The fraction of sp³-hybridized carbons (Fsp3) is 0.0909. The number of nitrogens with one attached hydrogen (secondary N) is 1. The van der Waals surface area contributed by atoms with Gasteiger partial charge in [-0.25, -0.2) is 9.37 Å². The molecule has 2 rings (SSSR count). The third-order valence-electron chi connectivity index (χ3n) is 2.07. The van der Waals surface area contributed by atoms with Gasteiger partial charge in [-0.3, -0.25) is 4.79 Å². The number of amides is 1. The van der Waals surface area contributed by atoms with Gasteiger partial charge in [-0.2, -0.15) is 0 Å². The number of aromatic hydroxyl groups is 1. The third-order valence-corrected chi connectivity index (χ3v) is 2.76. The topological polar surface area (TPSA) is 62.2 Å². The summed E-state index contributed by atoms with van der Waals surface area (Å²) in [5.41, 5.74) is 0.249. The molecule has 0 aliphatic heterocycles. The number of hydrogen-bond donors (Lipinski definition) is 2. The van der Waals surface area contributed by atoms with Gasteiger partial charge in [0.15, 0.2) is 5.13 Å². The van der Waals surface area contributed by atoms with Gasteiger partial charge in [-0.15, -0.1) is 11.3 Å². The number of anilines is 1. The standard InChI is InChI=1S/C11H9FN2O2S/c12-8-1-2-9(15)7(5-8)6-10(16)14-11-13-3-4-17-11/h1-5,15H,6H2,(H,13,14,16). The molecule has 1 heterocycles. The number of benzene rings is 1. The average molecular weight is 252 g/mol. The van der Waals surface area contributed by atoms with Crippen LogP contribution in [0.3, 0.4) is 0 Å². The van der Waals surface area contributed by atoms with Crippen LogP contribution < -0.4 is 5.32 Å². The van der Waals surface area contributed by atoms with Gasteiger partial charge in [0.1, 0.15) is 11.6 Å². The van der Waals surface area contributed by atoms with Gasteiger partial charge in [0, 0.05) is 17.1 Å². The van der Waals surface area contributed by atoms with E-state index in [1.54, 1.807) is 11.6 Å². The van der Waals surface area contributed by atoms with Gasteiger partial charge in [-0.05, 0) is 18.2 Å². The Morgan fingerprint density at radius 2 is 2.35 bits per heavy atom. The van der Waals surface area contributed by atoms with E-state index in [-0.39, 0.29) is 23.6 Å². The van der Waals surface area contributed by atoms with E-state index < -0.39 is 5.82 Å². The zero-order chi connectivity index (χ0) is 12.3. The number of carbonyl (C=O) groups is 1. The highest BCUT2D eigenvalue weighted by atomic mass is 32.1. The van der Waals surface area contributed by atoms with Crippen molar-refractivity contribution in [2.45, 2.75) is 6.42 Å². The molecule has 0 atom stereocenters. The van der Waals surface area contributed by atoms with Crippen LogP contribution in [0.25, 0.3) is 0 Å². The minimum Gasteiger partial charge on any atom is -0.508 e. The van der Waals surface area contributed by atoms with E-state index in [4.69, 9.17) is 0 Å². The van der Waals surface area contributed by atoms with Crippen molar-refractivity contribution in [1.82, 2.24) is 4.98 Å². The summed E-state index contributed by atoms with van der Waals surface area (Å²) in [5, 5.41) is 14.2. The first-order valence-corrected chi connectivity index (χ1v) is 5.70. The molecule has 0 saturated heterocycles. The smallest absolute Gasteiger partial charge is 0.230 e. The highest BCUT2D eigenvalue weighted by Crippen LogP contribution is 2.19. The third kappa shape index (κ3) is 3.01. The normalized spacial score (nSPS) is 10.2. The number of phenolic OH excluding ortho intramolecular Hbond substituents is 1. The molecule has 1 amide bonds. The summed E-state index contributed by atoms with van der Waals surface area (Å²) in [6, 6.07) is 3.50. The maximum Gasteiger partial charge on any atom is 0.230 e. The molecule has 0 aliphatic carbocycles. The van der Waals surface area contributed by atoms with Gasteiger partial charge in [0.05, 0.1) is 6.42 Å². The molecule has 0 bridgehead atoms. The second-order valence-electron chi connectivity index (χ2n) is 3.34. The molecule has 6 heteroatoms. The summed E-state index contributed by atoms with van der Waals surface area (Å²) in [6.07, 6.45) is 1.48. The quantitative estimate of drug-likeness (QED) is 0.880. The number of nitrogens with zero attached hydrogens (tertiary/aromatic N) is 1. The van der Waals surface area contributed by atoms with Crippen LogP contribution in [0.5, 0.6) is 5.75 Å². The second-order valence-corrected chi connectivity index (χ2v) is 4.23. The van der Waals surface area contributed by atoms with Crippen molar-refractivity contribution in [1.29, 1.82) is 0 Å². The van der Waals surface area contributed by atoms with Crippen LogP contribution in [0.15, 0.2) is 29.8 Å². The Labute approximate surface area is 101 Å². The molecular formula is C11H9FN2O2S. The Kier molecular flexibility index (Phi) is 3.34. The van der Waals surface area contributed by atoms with E-state index in [1.165, 1.54) is 17.4 Å². The number of rotatable bonds is 3. The number of carbonyl (C=O) groups excluding carboxylic acids is 1. The minimum absolute atomic E-state index is 0.0941. The summed E-state index contributed by atoms with van der Waals surface area (Å²) in [6.45, 7) is 0. The Morgan fingerprint density at radius 1 is 1.53 bits per heavy atom. The lowest BCUT2D eigenvalue weighted by Crippen LogP contribution is -2.14. The second kappa shape index (κ2) is 4.92. The van der Waals surface area contributed by atoms with Gasteiger partial charge in [0.2, 0.25) is 5.91 Å². The molecule has 0 spiro atoms. The van der Waals surface area contributed by atoms with E-state index in [0.717, 1.165) is 12.1 Å². The van der Waals surface area contributed by atoms with Gasteiger partial charge in [-0.1, -0.05) is 0 Å². The zero-order valence-corrected chi connectivity index (χ0v) is 9.50. The molecule has 17 heavy (non-hydrogen) atoms. The highest BCUT2D eigenvalue weighted by Gasteiger charge is 2.09.